The first-order valence-corrected chi connectivity index (χ1v) is 3.46. The van der Waals surface area contributed by atoms with Crippen molar-refractivity contribution in [1.29, 1.82) is 0 Å². The standard InChI is InChI=1S/C6H9ClN2O2/c1-8-4(7)3-5(10)9(2)6(8)11/h3,6,11H,1-2H3. The minimum atomic E-state index is -0.958. The van der Waals surface area contributed by atoms with Gasteiger partial charge in [-0.05, 0) is 0 Å². The molecule has 1 amide bonds. The van der Waals surface area contributed by atoms with Gasteiger partial charge in [0.1, 0.15) is 5.16 Å². The molecule has 0 aromatic carbocycles. The lowest BCUT2D eigenvalue weighted by atomic mass is 10.4. The smallest absolute Gasteiger partial charge is 0.252 e. The molecule has 1 unspecified atom stereocenters. The van der Waals surface area contributed by atoms with Crippen LogP contribution in [-0.2, 0) is 4.79 Å². The fourth-order valence-electron chi connectivity index (χ4n) is 0.789. The van der Waals surface area contributed by atoms with Gasteiger partial charge in [0.25, 0.3) is 5.91 Å². The molecule has 0 saturated heterocycles. The van der Waals surface area contributed by atoms with Crippen LogP contribution in [0.2, 0.25) is 0 Å². The number of hydrogen-bond acceptors (Lipinski definition) is 3. The number of amides is 1. The lowest BCUT2D eigenvalue weighted by Crippen LogP contribution is -2.49. The molecular formula is C6H9ClN2O2. The van der Waals surface area contributed by atoms with Crippen LogP contribution < -0.4 is 0 Å². The molecule has 4 nitrogen and oxygen atoms in total. The Bertz CT molecular complexity index is 217. The van der Waals surface area contributed by atoms with Crippen molar-refractivity contribution in [2.45, 2.75) is 6.35 Å². The second-order valence-electron chi connectivity index (χ2n) is 2.37. The number of rotatable bonds is 0. The topological polar surface area (TPSA) is 43.8 Å². The van der Waals surface area contributed by atoms with E-state index in [-0.39, 0.29) is 11.1 Å². The SMILES string of the molecule is CN1C(=O)C=C(Cl)N(C)C1O. The van der Waals surface area contributed by atoms with Gasteiger partial charge in [-0.15, -0.1) is 0 Å². The van der Waals surface area contributed by atoms with Crippen LogP contribution >= 0.6 is 11.6 Å². The van der Waals surface area contributed by atoms with E-state index < -0.39 is 6.35 Å². The second-order valence-corrected chi connectivity index (χ2v) is 2.76. The monoisotopic (exact) mass is 176 g/mol. The van der Waals surface area contributed by atoms with Crippen molar-refractivity contribution >= 4 is 17.5 Å². The van der Waals surface area contributed by atoms with E-state index in [1.165, 1.54) is 22.9 Å². The minimum Gasteiger partial charge on any atom is -0.356 e. The number of aliphatic hydroxyl groups is 1. The Kier molecular flexibility index (Phi) is 2.06. The molecule has 0 fully saturated rings. The molecule has 0 radical (unpaired) electrons. The molecule has 1 rings (SSSR count). The third-order valence-electron chi connectivity index (χ3n) is 1.62. The van der Waals surface area contributed by atoms with Crippen molar-refractivity contribution in [3.63, 3.8) is 0 Å². The maximum atomic E-state index is 10.9. The molecular weight excluding hydrogens is 168 g/mol. The average Bonchev–Trinajstić information content (AvgIpc) is 1.97. The maximum absolute atomic E-state index is 10.9. The van der Waals surface area contributed by atoms with Crippen LogP contribution in [0.4, 0.5) is 0 Å². The molecule has 0 saturated carbocycles. The van der Waals surface area contributed by atoms with E-state index in [1.807, 2.05) is 0 Å². The molecule has 62 valence electrons. The highest BCUT2D eigenvalue weighted by Crippen LogP contribution is 2.17. The summed E-state index contributed by atoms with van der Waals surface area (Å²) in [5.41, 5.74) is 0. The number of halogens is 1. The Balaban J connectivity index is 2.92. The summed E-state index contributed by atoms with van der Waals surface area (Å²) in [5.74, 6) is -0.291. The van der Waals surface area contributed by atoms with Crippen molar-refractivity contribution < 1.29 is 9.90 Å². The molecule has 0 bridgehead atoms. The number of hydrogen-bond donors (Lipinski definition) is 1. The number of aliphatic hydroxyl groups excluding tert-OH is 1. The van der Waals surface area contributed by atoms with Gasteiger partial charge < -0.3 is 10.0 Å². The summed E-state index contributed by atoms with van der Waals surface area (Å²) < 4.78 is 0. The Morgan fingerprint density at radius 1 is 1.55 bits per heavy atom. The van der Waals surface area contributed by atoms with Gasteiger partial charge in [0.15, 0.2) is 0 Å². The Labute approximate surface area is 69.6 Å². The molecule has 1 atom stereocenters. The number of carbonyl (C=O) groups is 1. The van der Waals surface area contributed by atoms with Gasteiger partial charge in [0, 0.05) is 20.2 Å². The molecule has 11 heavy (non-hydrogen) atoms. The van der Waals surface area contributed by atoms with E-state index in [1.54, 1.807) is 7.05 Å². The Morgan fingerprint density at radius 2 is 2.09 bits per heavy atom. The molecule has 1 aliphatic heterocycles. The van der Waals surface area contributed by atoms with Crippen LogP contribution in [0.5, 0.6) is 0 Å². The largest absolute Gasteiger partial charge is 0.356 e. The molecule has 1 N–H and O–H groups in total. The van der Waals surface area contributed by atoms with Gasteiger partial charge >= 0.3 is 0 Å². The zero-order chi connectivity index (χ0) is 8.59. The molecule has 1 heterocycles. The van der Waals surface area contributed by atoms with Crippen LogP contribution in [0.15, 0.2) is 11.2 Å². The Morgan fingerprint density at radius 3 is 2.64 bits per heavy atom. The van der Waals surface area contributed by atoms with Crippen molar-refractivity contribution in [1.82, 2.24) is 9.80 Å². The first kappa shape index (κ1) is 8.36. The second kappa shape index (κ2) is 2.71. The number of nitrogens with zero attached hydrogens (tertiary/aromatic N) is 2. The van der Waals surface area contributed by atoms with E-state index >= 15 is 0 Å². The van der Waals surface area contributed by atoms with E-state index in [0.717, 1.165) is 0 Å². The number of likely N-dealkylation sites (N-methyl/N-ethyl adjacent to an activating group) is 1. The van der Waals surface area contributed by atoms with Crippen molar-refractivity contribution in [3.8, 4) is 0 Å². The first-order chi connectivity index (χ1) is 5.04. The normalized spacial score (nSPS) is 25.6. The van der Waals surface area contributed by atoms with E-state index in [4.69, 9.17) is 11.6 Å². The maximum Gasteiger partial charge on any atom is 0.252 e. The van der Waals surface area contributed by atoms with Gasteiger partial charge in [0.2, 0.25) is 6.35 Å². The van der Waals surface area contributed by atoms with E-state index in [0.29, 0.717) is 0 Å². The van der Waals surface area contributed by atoms with Crippen LogP contribution in [0, 0.1) is 0 Å². The predicted octanol–water partition coefficient (Wildman–Crippen LogP) is -0.254. The van der Waals surface area contributed by atoms with Crippen LogP contribution in [-0.4, -0.2) is 41.3 Å². The van der Waals surface area contributed by atoms with E-state index in [2.05, 4.69) is 0 Å². The Hall–Kier alpha value is -0.740. The van der Waals surface area contributed by atoms with Crippen molar-refractivity contribution in [2.24, 2.45) is 0 Å². The summed E-state index contributed by atoms with van der Waals surface area (Å²) in [5, 5.41) is 9.54. The molecule has 1 aliphatic rings. The molecule has 5 heteroatoms. The van der Waals surface area contributed by atoms with E-state index in [9.17, 15) is 9.90 Å². The minimum absolute atomic E-state index is 0.251. The fraction of sp³-hybridized carbons (Fsp3) is 0.500. The van der Waals surface area contributed by atoms with Gasteiger partial charge in [-0.25, -0.2) is 0 Å². The summed E-state index contributed by atoms with van der Waals surface area (Å²) in [6.45, 7) is 0. The molecule has 0 aliphatic carbocycles. The zero-order valence-corrected chi connectivity index (χ0v) is 7.04. The van der Waals surface area contributed by atoms with Crippen molar-refractivity contribution in [2.75, 3.05) is 14.1 Å². The van der Waals surface area contributed by atoms with Crippen molar-refractivity contribution in [3.05, 3.63) is 11.2 Å². The van der Waals surface area contributed by atoms with Crippen LogP contribution in [0.1, 0.15) is 0 Å². The predicted molar refractivity (Wildman–Crippen MR) is 40.5 cm³/mol. The quantitative estimate of drug-likeness (QED) is 0.518. The molecule has 0 aromatic rings. The molecule has 0 spiro atoms. The molecule has 0 aromatic heterocycles. The fourth-order valence-corrected chi connectivity index (χ4v) is 0.970. The van der Waals surface area contributed by atoms with Gasteiger partial charge in [0.05, 0.1) is 0 Å². The summed E-state index contributed by atoms with van der Waals surface area (Å²) in [4.78, 5) is 13.5. The van der Waals surface area contributed by atoms with Gasteiger partial charge in [-0.1, -0.05) is 11.6 Å². The first-order valence-electron chi connectivity index (χ1n) is 3.09. The lowest BCUT2D eigenvalue weighted by Gasteiger charge is -2.34. The van der Waals surface area contributed by atoms with Gasteiger partial charge in [-0.3, -0.25) is 9.69 Å². The highest BCUT2D eigenvalue weighted by molar-refractivity contribution is 6.30. The highest BCUT2D eigenvalue weighted by Gasteiger charge is 2.26. The average molecular weight is 177 g/mol. The summed E-state index contributed by atoms with van der Waals surface area (Å²) in [6, 6.07) is 0. The van der Waals surface area contributed by atoms with Crippen LogP contribution in [0.3, 0.4) is 0 Å². The number of carbonyl (C=O) groups excluding carboxylic acids is 1. The summed E-state index contributed by atoms with van der Waals surface area (Å²) >= 11 is 5.60. The lowest BCUT2D eigenvalue weighted by molar-refractivity contribution is -0.146. The van der Waals surface area contributed by atoms with Crippen LogP contribution in [0.25, 0.3) is 0 Å². The summed E-state index contributed by atoms with van der Waals surface area (Å²) in [7, 11) is 3.11. The third-order valence-corrected chi connectivity index (χ3v) is 2.00. The third kappa shape index (κ3) is 1.32. The summed E-state index contributed by atoms with van der Waals surface area (Å²) in [6.07, 6.45) is 0.300. The zero-order valence-electron chi connectivity index (χ0n) is 6.28. The highest BCUT2D eigenvalue weighted by atomic mass is 35.5. The van der Waals surface area contributed by atoms with Gasteiger partial charge in [-0.2, -0.15) is 0 Å².